The fourth-order valence-corrected chi connectivity index (χ4v) is 3.30. The van der Waals surface area contributed by atoms with Gasteiger partial charge in [0.1, 0.15) is 17.2 Å². The van der Waals surface area contributed by atoms with Crippen LogP contribution in [0.15, 0.2) is 42.6 Å². The predicted molar refractivity (Wildman–Crippen MR) is 93.2 cm³/mol. The Morgan fingerprint density at radius 1 is 1.25 bits per heavy atom. The van der Waals surface area contributed by atoms with E-state index in [0.29, 0.717) is 11.3 Å². The van der Waals surface area contributed by atoms with E-state index in [4.69, 9.17) is 10.5 Å². The van der Waals surface area contributed by atoms with E-state index < -0.39 is 0 Å². The quantitative estimate of drug-likeness (QED) is 0.769. The topological polar surface area (TPSA) is 63.9 Å². The number of aromatic nitrogens is 2. The number of hydrogen-bond donors (Lipinski definition) is 2. The van der Waals surface area contributed by atoms with Crippen molar-refractivity contribution >= 4 is 16.6 Å². The molecule has 1 aliphatic rings. The third kappa shape index (κ3) is 2.47. The number of nitrogens with zero attached hydrogens (tertiary/aromatic N) is 1. The number of H-pyrrole nitrogens is 1. The van der Waals surface area contributed by atoms with Crippen LogP contribution >= 0.6 is 0 Å². The SMILES string of the molecule is COc1ccc(F)cc1-c1ccnc2[nH]c(C3=CC(N)CC3)cc12. The summed E-state index contributed by atoms with van der Waals surface area (Å²) in [5.41, 5.74) is 10.6. The molecule has 0 saturated carbocycles. The van der Waals surface area contributed by atoms with Gasteiger partial charge < -0.3 is 15.5 Å². The number of pyridine rings is 1. The van der Waals surface area contributed by atoms with E-state index in [1.807, 2.05) is 6.07 Å². The van der Waals surface area contributed by atoms with Crippen molar-refractivity contribution in [2.75, 3.05) is 7.11 Å². The highest BCUT2D eigenvalue weighted by atomic mass is 19.1. The molecule has 0 aliphatic heterocycles. The van der Waals surface area contributed by atoms with Gasteiger partial charge >= 0.3 is 0 Å². The Kier molecular flexibility index (Phi) is 3.58. The van der Waals surface area contributed by atoms with Crippen LogP contribution in [0.4, 0.5) is 4.39 Å². The fraction of sp³-hybridized carbons (Fsp3) is 0.211. The van der Waals surface area contributed by atoms with Gasteiger partial charge in [-0.1, -0.05) is 6.08 Å². The zero-order chi connectivity index (χ0) is 16.7. The van der Waals surface area contributed by atoms with E-state index in [-0.39, 0.29) is 11.9 Å². The normalized spacial score (nSPS) is 17.3. The number of rotatable bonds is 3. The molecule has 2 aromatic heterocycles. The number of allylic oxidation sites excluding steroid dienone is 1. The molecule has 0 bridgehead atoms. The molecular formula is C19H18FN3O. The lowest BCUT2D eigenvalue weighted by molar-refractivity contribution is 0.415. The highest BCUT2D eigenvalue weighted by Crippen LogP contribution is 2.37. The maximum absolute atomic E-state index is 13.8. The van der Waals surface area contributed by atoms with Gasteiger partial charge in [0.25, 0.3) is 0 Å². The Labute approximate surface area is 139 Å². The standard InChI is InChI=1S/C19H18FN3O/c1-24-18-5-3-12(20)9-15(18)14-6-7-22-19-16(14)10-17(23-19)11-2-4-13(21)8-11/h3,5-10,13H,2,4,21H2,1H3,(H,22,23). The molecule has 1 aromatic carbocycles. The van der Waals surface area contributed by atoms with Crippen molar-refractivity contribution in [3.63, 3.8) is 0 Å². The van der Waals surface area contributed by atoms with E-state index in [9.17, 15) is 4.39 Å². The van der Waals surface area contributed by atoms with Gasteiger partial charge in [-0.3, -0.25) is 0 Å². The van der Waals surface area contributed by atoms with E-state index in [1.165, 1.54) is 17.7 Å². The number of halogens is 1. The summed E-state index contributed by atoms with van der Waals surface area (Å²) < 4.78 is 19.2. The van der Waals surface area contributed by atoms with Crippen LogP contribution in [0.1, 0.15) is 18.5 Å². The molecule has 2 heterocycles. The molecule has 24 heavy (non-hydrogen) atoms. The molecule has 0 radical (unpaired) electrons. The molecule has 3 aromatic rings. The number of nitrogens with one attached hydrogen (secondary N) is 1. The van der Waals surface area contributed by atoms with E-state index in [2.05, 4.69) is 22.1 Å². The molecule has 1 aliphatic carbocycles. The molecule has 122 valence electrons. The maximum atomic E-state index is 13.8. The Bertz CT molecular complexity index is 945. The first-order valence-corrected chi connectivity index (χ1v) is 7.94. The number of benzene rings is 1. The monoisotopic (exact) mass is 323 g/mol. The van der Waals surface area contributed by atoms with Gasteiger partial charge in [0.2, 0.25) is 0 Å². The molecule has 0 saturated heterocycles. The molecule has 1 unspecified atom stereocenters. The molecular weight excluding hydrogens is 305 g/mol. The average molecular weight is 323 g/mol. The number of methoxy groups -OCH3 is 1. The zero-order valence-corrected chi connectivity index (χ0v) is 13.3. The van der Waals surface area contributed by atoms with Crippen molar-refractivity contribution in [2.24, 2.45) is 5.73 Å². The summed E-state index contributed by atoms with van der Waals surface area (Å²) >= 11 is 0. The highest BCUT2D eigenvalue weighted by molar-refractivity contribution is 5.96. The van der Waals surface area contributed by atoms with Gasteiger partial charge in [0.05, 0.1) is 7.11 Å². The van der Waals surface area contributed by atoms with Crippen molar-refractivity contribution in [3.05, 3.63) is 54.1 Å². The summed E-state index contributed by atoms with van der Waals surface area (Å²) in [6.45, 7) is 0. The van der Waals surface area contributed by atoms with E-state index in [1.54, 1.807) is 19.4 Å². The summed E-state index contributed by atoms with van der Waals surface area (Å²) in [7, 11) is 1.59. The number of aromatic amines is 1. The van der Waals surface area contributed by atoms with E-state index >= 15 is 0 Å². The Hall–Kier alpha value is -2.66. The molecule has 0 amide bonds. The summed E-state index contributed by atoms with van der Waals surface area (Å²) in [6, 6.07) is 8.59. The first kappa shape index (κ1) is 14.9. The molecule has 4 rings (SSSR count). The largest absolute Gasteiger partial charge is 0.496 e. The molecule has 0 spiro atoms. The van der Waals surface area contributed by atoms with Gasteiger partial charge in [0, 0.05) is 28.9 Å². The van der Waals surface area contributed by atoms with Crippen molar-refractivity contribution < 1.29 is 9.13 Å². The summed E-state index contributed by atoms with van der Waals surface area (Å²) in [5, 5.41) is 0.942. The second-order valence-corrected chi connectivity index (χ2v) is 6.04. The first-order valence-electron chi connectivity index (χ1n) is 7.94. The minimum Gasteiger partial charge on any atom is -0.496 e. The summed E-state index contributed by atoms with van der Waals surface area (Å²) in [4.78, 5) is 7.76. The van der Waals surface area contributed by atoms with Crippen LogP contribution in [0.5, 0.6) is 5.75 Å². The van der Waals surface area contributed by atoms with Gasteiger partial charge in [-0.05, 0) is 54.3 Å². The summed E-state index contributed by atoms with van der Waals surface area (Å²) in [5.74, 6) is 0.338. The molecule has 3 N–H and O–H groups in total. The van der Waals surface area contributed by atoms with Crippen molar-refractivity contribution in [3.8, 4) is 16.9 Å². The van der Waals surface area contributed by atoms with Crippen LogP contribution < -0.4 is 10.5 Å². The van der Waals surface area contributed by atoms with Crippen LogP contribution in [-0.4, -0.2) is 23.1 Å². The Balaban J connectivity index is 1.90. The maximum Gasteiger partial charge on any atom is 0.138 e. The summed E-state index contributed by atoms with van der Waals surface area (Å²) in [6.07, 6.45) is 5.72. The van der Waals surface area contributed by atoms with Gasteiger partial charge in [0.15, 0.2) is 0 Å². The highest BCUT2D eigenvalue weighted by Gasteiger charge is 2.18. The lowest BCUT2D eigenvalue weighted by Gasteiger charge is -2.09. The first-order chi connectivity index (χ1) is 11.7. The van der Waals surface area contributed by atoms with Crippen LogP contribution in [0.2, 0.25) is 0 Å². The number of ether oxygens (including phenoxy) is 1. The predicted octanol–water partition coefficient (Wildman–Crippen LogP) is 3.88. The number of fused-ring (bicyclic) bond motifs is 1. The minimum absolute atomic E-state index is 0.113. The third-order valence-corrected chi connectivity index (χ3v) is 4.49. The van der Waals surface area contributed by atoms with Crippen molar-refractivity contribution in [1.82, 2.24) is 9.97 Å². The molecule has 5 heteroatoms. The van der Waals surface area contributed by atoms with Crippen LogP contribution in [0.25, 0.3) is 27.7 Å². The van der Waals surface area contributed by atoms with Gasteiger partial charge in [-0.25, -0.2) is 9.37 Å². The smallest absolute Gasteiger partial charge is 0.138 e. The fourth-order valence-electron chi connectivity index (χ4n) is 3.30. The number of nitrogens with two attached hydrogens (primary N) is 1. The third-order valence-electron chi connectivity index (χ3n) is 4.49. The lowest BCUT2D eigenvalue weighted by Crippen LogP contribution is -2.11. The van der Waals surface area contributed by atoms with Crippen LogP contribution in [0, 0.1) is 5.82 Å². The zero-order valence-electron chi connectivity index (χ0n) is 13.3. The number of hydrogen-bond acceptors (Lipinski definition) is 3. The van der Waals surface area contributed by atoms with Crippen molar-refractivity contribution in [2.45, 2.75) is 18.9 Å². The minimum atomic E-state index is -0.295. The second-order valence-electron chi connectivity index (χ2n) is 6.04. The molecule has 4 nitrogen and oxygen atoms in total. The molecule has 0 fully saturated rings. The van der Waals surface area contributed by atoms with Gasteiger partial charge in [-0.15, -0.1) is 0 Å². The Morgan fingerprint density at radius 2 is 2.12 bits per heavy atom. The van der Waals surface area contributed by atoms with Crippen LogP contribution in [-0.2, 0) is 0 Å². The average Bonchev–Trinajstić information content (AvgIpc) is 3.20. The van der Waals surface area contributed by atoms with E-state index in [0.717, 1.165) is 35.1 Å². The Morgan fingerprint density at radius 3 is 2.88 bits per heavy atom. The van der Waals surface area contributed by atoms with Crippen LogP contribution in [0.3, 0.4) is 0 Å². The van der Waals surface area contributed by atoms with Crippen molar-refractivity contribution in [1.29, 1.82) is 0 Å². The second kappa shape index (κ2) is 5.76. The molecule has 1 atom stereocenters. The lowest BCUT2D eigenvalue weighted by atomic mass is 10.0. The van der Waals surface area contributed by atoms with Gasteiger partial charge in [-0.2, -0.15) is 0 Å².